The molecule has 3 heteroatoms. The summed E-state index contributed by atoms with van der Waals surface area (Å²) in [6.45, 7) is 1.93. The average Bonchev–Trinajstić information content (AvgIpc) is 2.08. The Bertz CT molecular complexity index is 307. The molecule has 0 unspecified atom stereocenters. The molecule has 0 spiro atoms. The van der Waals surface area contributed by atoms with Crippen molar-refractivity contribution < 1.29 is 4.79 Å². The van der Waals surface area contributed by atoms with E-state index >= 15 is 0 Å². The van der Waals surface area contributed by atoms with Gasteiger partial charge in [0.15, 0.2) is 5.78 Å². The third-order valence-corrected chi connectivity index (χ3v) is 2.62. The SMILES string of the molecule is Cc1ccc(Br)cc1C(=O)CBr. The maximum Gasteiger partial charge on any atom is 0.173 e. The molecular weight excluding hydrogens is 284 g/mol. The Morgan fingerprint density at radius 3 is 2.75 bits per heavy atom. The van der Waals surface area contributed by atoms with Crippen molar-refractivity contribution in [3.8, 4) is 0 Å². The molecule has 0 aromatic heterocycles. The van der Waals surface area contributed by atoms with Crippen molar-refractivity contribution in [2.75, 3.05) is 5.33 Å². The molecule has 0 aliphatic rings. The predicted molar refractivity (Wildman–Crippen MR) is 57.0 cm³/mol. The van der Waals surface area contributed by atoms with Gasteiger partial charge in [-0.15, -0.1) is 0 Å². The van der Waals surface area contributed by atoms with Crippen LogP contribution in [0, 0.1) is 6.92 Å². The molecule has 0 bridgehead atoms. The van der Waals surface area contributed by atoms with Crippen LogP contribution in [0.15, 0.2) is 22.7 Å². The monoisotopic (exact) mass is 290 g/mol. The van der Waals surface area contributed by atoms with Crippen LogP contribution >= 0.6 is 31.9 Å². The van der Waals surface area contributed by atoms with E-state index in [-0.39, 0.29) is 5.78 Å². The van der Waals surface area contributed by atoms with Crippen LogP contribution in [0.4, 0.5) is 0 Å². The van der Waals surface area contributed by atoms with E-state index in [0.717, 1.165) is 15.6 Å². The summed E-state index contributed by atoms with van der Waals surface area (Å²) in [5.41, 5.74) is 1.80. The number of carbonyl (C=O) groups is 1. The number of rotatable bonds is 2. The van der Waals surface area contributed by atoms with Crippen molar-refractivity contribution >= 4 is 37.6 Å². The van der Waals surface area contributed by atoms with E-state index in [1.54, 1.807) is 0 Å². The molecule has 0 saturated carbocycles. The van der Waals surface area contributed by atoms with Gasteiger partial charge in [0.1, 0.15) is 0 Å². The van der Waals surface area contributed by atoms with Gasteiger partial charge in [-0.2, -0.15) is 0 Å². The molecule has 0 fully saturated rings. The topological polar surface area (TPSA) is 17.1 Å². The van der Waals surface area contributed by atoms with Crippen molar-refractivity contribution in [3.05, 3.63) is 33.8 Å². The number of alkyl halides is 1. The minimum Gasteiger partial charge on any atom is -0.293 e. The highest BCUT2D eigenvalue weighted by Gasteiger charge is 2.06. The highest BCUT2D eigenvalue weighted by atomic mass is 79.9. The fourth-order valence-electron chi connectivity index (χ4n) is 0.967. The number of hydrogen-bond acceptors (Lipinski definition) is 1. The molecule has 0 heterocycles. The third-order valence-electron chi connectivity index (χ3n) is 1.62. The lowest BCUT2D eigenvalue weighted by atomic mass is 10.1. The molecule has 12 heavy (non-hydrogen) atoms. The third kappa shape index (κ3) is 2.17. The number of aryl methyl sites for hydroxylation is 1. The van der Waals surface area contributed by atoms with E-state index in [1.807, 2.05) is 25.1 Å². The zero-order valence-corrected chi connectivity index (χ0v) is 9.78. The van der Waals surface area contributed by atoms with E-state index in [0.29, 0.717) is 5.33 Å². The standard InChI is InChI=1S/C9H8Br2O/c1-6-2-3-7(11)4-8(6)9(12)5-10/h2-4H,5H2,1H3. The van der Waals surface area contributed by atoms with Gasteiger partial charge in [-0.1, -0.05) is 37.9 Å². The number of hydrogen-bond donors (Lipinski definition) is 0. The Kier molecular flexibility index (Phi) is 3.47. The summed E-state index contributed by atoms with van der Waals surface area (Å²) in [5, 5.41) is 0.379. The molecule has 0 saturated heterocycles. The Balaban J connectivity index is 3.13. The first-order valence-electron chi connectivity index (χ1n) is 3.50. The van der Waals surface area contributed by atoms with Gasteiger partial charge in [-0.05, 0) is 24.6 Å². The van der Waals surface area contributed by atoms with E-state index in [9.17, 15) is 4.79 Å². The molecule has 64 valence electrons. The minimum absolute atomic E-state index is 0.119. The quantitative estimate of drug-likeness (QED) is 0.603. The van der Waals surface area contributed by atoms with E-state index in [1.165, 1.54) is 0 Å². The summed E-state index contributed by atoms with van der Waals surface area (Å²) in [6.07, 6.45) is 0. The smallest absolute Gasteiger partial charge is 0.173 e. The first-order valence-corrected chi connectivity index (χ1v) is 5.42. The van der Waals surface area contributed by atoms with E-state index < -0.39 is 0 Å². The summed E-state index contributed by atoms with van der Waals surface area (Å²) >= 11 is 6.47. The zero-order valence-electron chi connectivity index (χ0n) is 6.60. The number of halogens is 2. The lowest BCUT2D eigenvalue weighted by Crippen LogP contribution is -2.02. The summed E-state index contributed by atoms with van der Waals surface area (Å²) in [5.74, 6) is 0.119. The molecule has 0 aliphatic heterocycles. The van der Waals surface area contributed by atoms with Gasteiger partial charge in [0.05, 0.1) is 5.33 Å². The number of carbonyl (C=O) groups excluding carboxylic acids is 1. The molecule has 1 rings (SSSR count). The highest BCUT2D eigenvalue weighted by molar-refractivity contribution is 9.10. The van der Waals surface area contributed by atoms with Crippen molar-refractivity contribution in [1.82, 2.24) is 0 Å². The normalized spacial score (nSPS) is 9.92. The molecule has 1 nitrogen and oxygen atoms in total. The summed E-state index contributed by atoms with van der Waals surface area (Å²) in [6, 6.07) is 5.71. The highest BCUT2D eigenvalue weighted by Crippen LogP contribution is 2.16. The minimum atomic E-state index is 0.119. The Morgan fingerprint density at radius 2 is 2.17 bits per heavy atom. The zero-order chi connectivity index (χ0) is 9.14. The van der Waals surface area contributed by atoms with Crippen LogP contribution in [-0.2, 0) is 0 Å². The molecule has 0 radical (unpaired) electrons. The molecule has 1 aromatic rings. The van der Waals surface area contributed by atoms with Gasteiger partial charge in [-0.25, -0.2) is 0 Å². The first-order chi connectivity index (χ1) is 5.65. The van der Waals surface area contributed by atoms with Crippen molar-refractivity contribution in [1.29, 1.82) is 0 Å². The molecule has 0 atom stereocenters. The second-order valence-corrected chi connectivity index (χ2v) is 3.99. The van der Waals surface area contributed by atoms with Crippen LogP contribution in [0.25, 0.3) is 0 Å². The van der Waals surface area contributed by atoms with Gasteiger partial charge in [0.2, 0.25) is 0 Å². The summed E-state index contributed by atoms with van der Waals surface area (Å²) < 4.78 is 0.942. The van der Waals surface area contributed by atoms with Gasteiger partial charge >= 0.3 is 0 Å². The van der Waals surface area contributed by atoms with E-state index in [2.05, 4.69) is 31.9 Å². The van der Waals surface area contributed by atoms with Gasteiger partial charge in [0, 0.05) is 10.0 Å². The lowest BCUT2D eigenvalue weighted by molar-refractivity contribution is 0.102. The fraction of sp³-hybridized carbons (Fsp3) is 0.222. The average molecular weight is 292 g/mol. The molecule has 0 N–H and O–H groups in total. The predicted octanol–water partition coefficient (Wildman–Crippen LogP) is 3.34. The fourth-order valence-corrected chi connectivity index (χ4v) is 1.63. The van der Waals surface area contributed by atoms with E-state index in [4.69, 9.17) is 0 Å². The second-order valence-electron chi connectivity index (χ2n) is 2.52. The number of ketones is 1. The van der Waals surface area contributed by atoms with Crippen molar-refractivity contribution in [2.24, 2.45) is 0 Å². The van der Waals surface area contributed by atoms with Crippen molar-refractivity contribution in [3.63, 3.8) is 0 Å². The van der Waals surface area contributed by atoms with Crippen molar-refractivity contribution in [2.45, 2.75) is 6.92 Å². The van der Waals surface area contributed by atoms with Crippen LogP contribution in [0.5, 0.6) is 0 Å². The maximum atomic E-state index is 11.3. The van der Waals surface area contributed by atoms with Crippen LogP contribution in [-0.4, -0.2) is 11.1 Å². The Labute approximate surface area is 88.4 Å². The molecule has 0 aliphatic carbocycles. The lowest BCUT2D eigenvalue weighted by Gasteiger charge is -2.02. The second kappa shape index (κ2) is 4.19. The summed E-state index contributed by atoms with van der Waals surface area (Å²) in [4.78, 5) is 11.3. The summed E-state index contributed by atoms with van der Waals surface area (Å²) in [7, 11) is 0. The Hall–Kier alpha value is -0.150. The Morgan fingerprint density at radius 1 is 1.50 bits per heavy atom. The molecule has 0 amide bonds. The number of benzene rings is 1. The largest absolute Gasteiger partial charge is 0.293 e. The maximum absolute atomic E-state index is 11.3. The molecular formula is C9H8Br2O. The molecule has 1 aromatic carbocycles. The van der Waals surface area contributed by atoms with Gasteiger partial charge in [-0.3, -0.25) is 4.79 Å². The van der Waals surface area contributed by atoms with Crippen LogP contribution in [0.2, 0.25) is 0 Å². The van der Waals surface area contributed by atoms with Gasteiger partial charge < -0.3 is 0 Å². The van der Waals surface area contributed by atoms with Crippen LogP contribution in [0.3, 0.4) is 0 Å². The number of Topliss-reactive ketones (excluding diaryl/α,β-unsaturated/α-hetero) is 1. The van der Waals surface area contributed by atoms with Crippen LogP contribution in [0.1, 0.15) is 15.9 Å². The van der Waals surface area contributed by atoms with Gasteiger partial charge in [0.25, 0.3) is 0 Å². The van der Waals surface area contributed by atoms with Crippen LogP contribution < -0.4 is 0 Å². The first kappa shape index (κ1) is 9.93.